The molecule has 0 aliphatic carbocycles. The lowest BCUT2D eigenvalue weighted by molar-refractivity contribution is 0.531. The molecule has 1 aliphatic heterocycles. The van der Waals surface area contributed by atoms with Crippen LogP contribution in [0.15, 0.2) is 17.7 Å². The molecule has 0 aromatic carbocycles. The molecule has 16 heavy (non-hydrogen) atoms. The highest BCUT2D eigenvalue weighted by molar-refractivity contribution is 8.00. The summed E-state index contributed by atoms with van der Waals surface area (Å²) in [4.78, 5) is 15.7. The van der Waals surface area contributed by atoms with Crippen molar-refractivity contribution in [3.05, 3.63) is 12.7 Å². The van der Waals surface area contributed by atoms with Crippen LogP contribution in [0.2, 0.25) is 0 Å². The van der Waals surface area contributed by atoms with Crippen LogP contribution in [0.3, 0.4) is 0 Å². The number of aromatic amines is 1. The Hall–Kier alpha value is -1.14. The zero-order valence-corrected chi connectivity index (χ0v) is 9.63. The Morgan fingerprint density at radius 3 is 3.19 bits per heavy atom. The van der Waals surface area contributed by atoms with Gasteiger partial charge in [0.2, 0.25) is 0 Å². The number of rotatable bonds is 2. The van der Waals surface area contributed by atoms with Crippen LogP contribution in [-0.2, 0) is 0 Å². The maximum absolute atomic E-state index is 4.33. The van der Waals surface area contributed by atoms with Crippen molar-refractivity contribution in [1.29, 1.82) is 0 Å². The summed E-state index contributed by atoms with van der Waals surface area (Å²) in [6, 6.07) is 0. The Morgan fingerprint density at radius 2 is 2.31 bits per heavy atom. The van der Waals surface area contributed by atoms with Gasteiger partial charge in [-0.25, -0.2) is 15.0 Å². The Balaban J connectivity index is 1.85. The third-order valence-electron chi connectivity index (χ3n) is 2.72. The molecule has 0 spiro atoms. The van der Waals surface area contributed by atoms with Crippen LogP contribution in [-0.4, -0.2) is 38.3 Å². The van der Waals surface area contributed by atoms with Gasteiger partial charge in [0.25, 0.3) is 0 Å². The molecule has 84 valence electrons. The van der Waals surface area contributed by atoms with Crippen LogP contribution < -0.4 is 5.32 Å². The van der Waals surface area contributed by atoms with E-state index >= 15 is 0 Å². The van der Waals surface area contributed by atoms with Gasteiger partial charge in [-0.15, -0.1) is 0 Å². The third kappa shape index (κ3) is 1.90. The average molecular weight is 235 g/mol. The molecule has 2 aromatic rings. The minimum absolute atomic E-state index is 0.607. The predicted molar refractivity (Wildman–Crippen MR) is 63.4 cm³/mol. The van der Waals surface area contributed by atoms with Crippen molar-refractivity contribution in [3.8, 4) is 0 Å². The zero-order chi connectivity index (χ0) is 10.8. The average Bonchev–Trinajstić information content (AvgIpc) is 2.80. The summed E-state index contributed by atoms with van der Waals surface area (Å²) in [6.07, 6.45) is 5.75. The van der Waals surface area contributed by atoms with Crippen LogP contribution in [0.5, 0.6) is 0 Å². The van der Waals surface area contributed by atoms with Crippen LogP contribution in [0.25, 0.3) is 11.2 Å². The van der Waals surface area contributed by atoms with Crippen LogP contribution in [0.1, 0.15) is 12.8 Å². The highest BCUT2D eigenvalue weighted by Crippen LogP contribution is 2.29. The van der Waals surface area contributed by atoms with Crippen molar-refractivity contribution in [2.45, 2.75) is 23.1 Å². The van der Waals surface area contributed by atoms with Crippen LogP contribution in [0.4, 0.5) is 0 Å². The Morgan fingerprint density at radius 1 is 1.31 bits per heavy atom. The monoisotopic (exact) mass is 235 g/mol. The van der Waals surface area contributed by atoms with E-state index in [2.05, 4.69) is 25.3 Å². The number of nitrogens with one attached hydrogen (secondary N) is 2. The summed E-state index contributed by atoms with van der Waals surface area (Å²) in [6.45, 7) is 2.20. The lowest BCUT2D eigenvalue weighted by Gasteiger charge is -2.21. The summed E-state index contributed by atoms with van der Waals surface area (Å²) in [5.41, 5.74) is 1.71. The fraction of sp³-hybridized carbons (Fsp3) is 0.500. The molecule has 2 aromatic heterocycles. The maximum Gasteiger partial charge on any atom is 0.181 e. The molecule has 3 heterocycles. The van der Waals surface area contributed by atoms with Crippen molar-refractivity contribution >= 4 is 22.9 Å². The van der Waals surface area contributed by atoms with Gasteiger partial charge in [-0.3, -0.25) is 0 Å². The molecule has 1 saturated heterocycles. The SMILES string of the molecule is c1nc(SC2CCCNC2)c2[nH]cnc2n1. The summed E-state index contributed by atoms with van der Waals surface area (Å²) >= 11 is 1.81. The Labute approximate surface area is 97.5 Å². The van der Waals surface area contributed by atoms with Gasteiger partial charge >= 0.3 is 0 Å². The summed E-state index contributed by atoms with van der Waals surface area (Å²) in [7, 11) is 0. The van der Waals surface area contributed by atoms with E-state index in [1.165, 1.54) is 12.8 Å². The maximum atomic E-state index is 4.33. The molecule has 1 atom stereocenters. The first-order chi connectivity index (χ1) is 7.93. The normalized spacial score (nSPS) is 21.4. The molecule has 1 unspecified atom stereocenters. The quantitative estimate of drug-likeness (QED) is 0.766. The number of imidazole rings is 1. The standard InChI is InChI=1S/C10H13N5S/c1-2-7(4-11-3-1)16-10-8-9(13-5-12-8)14-6-15-10/h5-7,11H,1-4H2,(H,12,13,14,15). The van der Waals surface area contributed by atoms with Crippen molar-refractivity contribution < 1.29 is 0 Å². The van der Waals surface area contributed by atoms with E-state index in [1.54, 1.807) is 12.7 Å². The van der Waals surface area contributed by atoms with Gasteiger partial charge in [-0.1, -0.05) is 11.8 Å². The first kappa shape index (κ1) is 10.0. The second kappa shape index (κ2) is 4.39. The molecule has 5 nitrogen and oxygen atoms in total. The van der Waals surface area contributed by atoms with E-state index in [1.807, 2.05) is 11.8 Å². The lowest BCUT2D eigenvalue weighted by atomic mass is 10.2. The minimum Gasteiger partial charge on any atom is -0.341 e. The number of thioether (sulfide) groups is 1. The number of H-pyrrole nitrogens is 1. The van der Waals surface area contributed by atoms with E-state index in [0.717, 1.165) is 29.3 Å². The molecule has 0 radical (unpaired) electrons. The Bertz CT molecular complexity index is 477. The topological polar surface area (TPSA) is 66.5 Å². The number of piperidine rings is 1. The van der Waals surface area contributed by atoms with E-state index < -0.39 is 0 Å². The van der Waals surface area contributed by atoms with Gasteiger partial charge in [0.05, 0.1) is 6.33 Å². The lowest BCUT2D eigenvalue weighted by Crippen LogP contribution is -2.31. The summed E-state index contributed by atoms with van der Waals surface area (Å²) < 4.78 is 0. The second-order valence-corrected chi connectivity index (χ2v) is 5.16. The molecule has 0 amide bonds. The first-order valence-corrected chi connectivity index (χ1v) is 6.33. The van der Waals surface area contributed by atoms with Gasteiger partial charge in [-0.2, -0.15) is 0 Å². The first-order valence-electron chi connectivity index (χ1n) is 5.45. The van der Waals surface area contributed by atoms with Crippen molar-refractivity contribution in [3.63, 3.8) is 0 Å². The smallest absolute Gasteiger partial charge is 0.181 e. The van der Waals surface area contributed by atoms with Crippen molar-refractivity contribution in [2.24, 2.45) is 0 Å². The molecule has 1 aliphatic rings. The zero-order valence-electron chi connectivity index (χ0n) is 8.81. The van der Waals surface area contributed by atoms with Crippen molar-refractivity contribution in [2.75, 3.05) is 13.1 Å². The number of hydrogen-bond acceptors (Lipinski definition) is 5. The minimum atomic E-state index is 0.607. The number of fused-ring (bicyclic) bond motifs is 1. The highest BCUT2D eigenvalue weighted by Gasteiger charge is 2.17. The largest absolute Gasteiger partial charge is 0.341 e. The molecule has 1 fully saturated rings. The van der Waals surface area contributed by atoms with Gasteiger partial charge in [0.1, 0.15) is 16.9 Å². The molecule has 2 N–H and O–H groups in total. The fourth-order valence-electron chi connectivity index (χ4n) is 1.91. The van der Waals surface area contributed by atoms with Crippen LogP contribution in [0, 0.1) is 0 Å². The number of hydrogen-bond donors (Lipinski definition) is 2. The molecule has 0 saturated carbocycles. The van der Waals surface area contributed by atoms with Gasteiger partial charge in [0, 0.05) is 11.8 Å². The third-order valence-corrected chi connectivity index (χ3v) is 3.99. The summed E-state index contributed by atoms with van der Waals surface area (Å²) in [5, 5.41) is 5.02. The second-order valence-electron chi connectivity index (χ2n) is 3.87. The number of nitrogens with zero attached hydrogens (tertiary/aromatic N) is 3. The van der Waals surface area contributed by atoms with Crippen molar-refractivity contribution in [1.82, 2.24) is 25.3 Å². The molecule has 3 rings (SSSR count). The van der Waals surface area contributed by atoms with E-state index in [-0.39, 0.29) is 0 Å². The summed E-state index contributed by atoms with van der Waals surface area (Å²) in [5.74, 6) is 0. The number of aromatic nitrogens is 4. The Kier molecular flexibility index (Phi) is 2.75. The van der Waals surface area contributed by atoms with Gasteiger partial charge in [-0.05, 0) is 19.4 Å². The van der Waals surface area contributed by atoms with E-state index in [0.29, 0.717) is 5.25 Å². The van der Waals surface area contributed by atoms with E-state index in [9.17, 15) is 0 Å². The molecular formula is C10H13N5S. The highest BCUT2D eigenvalue weighted by atomic mass is 32.2. The molecular weight excluding hydrogens is 222 g/mol. The molecule has 6 heteroatoms. The van der Waals surface area contributed by atoms with E-state index in [4.69, 9.17) is 0 Å². The van der Waals surface area contributed by atoms with Gasteiger partial charge < -0.3 is 10.3 Å². The predicted octanol–water partition coefficient (Wildman–Crippen LogP) is 1.20. The molecule has 0 bridgehead atoms. The fourth-order valence-corrected chi connectivity index (χ4v) is 3.09. The van der Waals surface area contributed by atoms with Crippen LogP contribution >= 0.6 is 11.8 Å². The van der Waals surface area contributed by atoms with Gasteiger partial charge in [0.15, 0.2) is 5.65 Å².